The molecule has 1 aromatic rings. The van der Waals surface area contributed by atoms with Crippen LogP contribution in [-0.2, 0) is 9.05 Å². The number of amides is 1. The van der Waals surface area contributed by atoms with E-state index in [1.165, 1.54) is 6.07 Å². The molecule has 0 bridgehead atoms. The zero-order chi connectivity index (χ0) is 16.6. The minimum atomic E-state index is -4.09. The molecule has 0 radical (unpaired) electrons. The third kappa shape index (κ3) is 4.74. The number of benzene rings is 1. The first-order chi connectivity index (χ1) is 9.34. The van der Waals surface area contributed by atoms with Crippen molar-refractivity contribution in [3.8, 4) is 0 Å². The maximum Gasteiger partial charge on any atom is 0.262 e. The van der Waals surface area contributed by atoms with Gasteiger partial charge in [-0.15, -0.1) is 0 Å². The van der Waals surface area contributed by atoms with Crippen LogP contribution in [0, 0.1) is 5.41 Å². The summed E-state index contributed by atoms with van der Waals surface area (Å²) in [6.07, 6.45) is 0. The molecule has 0 fully saturated rings. The Hall–Kier alpha value is -0.490. The van der Waals surface area contributed by atoms with Gasteiger partial charge in [-0.25, -0.2) is 8.42 Å². The fraction of sp³-hybridized carbons (Fsp3) is 0.462. The summed E-state index contributed by atoms with van der Waals surface area (Å²) in [6, 6.07) is 2.26. The summed E-state index contributed by atoms with van der Waals surface area (Å²) in [7, 11) is 1.20. The van der Waals surface area contributed by atoms with E-state index in [1.807, 2.05) is 27.7 Å². The van der Waals surface area contributed by atoms with Crippen molar-refractivity contribution in [2.75, 3.05) is 0 Å². The summed E-state index contributed by atoms with van der Waals surface area (Å²) in [5, 5.41) is 2.58. The number of hydrogen-bond donors (Lipinski definition) is 1. The van der Waals surface area contributed by atoms with Crippen LogP contribution in [0.1, 0.15) is 38.1 Å². The fourth-order valence-electron chi connectivity index (χ4n) is 1.40. The van der Waals surface area contributed by atoms with E-state index in [0.717, 1.165) is 6.07 Å². The summed E-state index contributed by atoms with van der Waals surface area (Å²) in [6.45, 7) is 7.74. The number of halogens is 3. The average molecular weight is 373 g/mol. The van der Waals surface area contributed by atoms with Crippen LogP contribution < -0.4 is 5.32 Å². The first-order valence-corrected chi connectivity index (χ1v) is 9.15. The smallest absolute Gasteiger partial charge is 0.262 e. The molecule has 1 atom stereocenters. The average Bonchev–Trinajstić information content (AvgIpc) is 2.28. The lowest BCUT2D eigenvalue weighted by molar-refractivity contribution is 0.0910. The molecule has 118 valence electrons. The quantitative estimate of drug-likeness (QED) is 0.813. The molecule has 0 aromatic heterocycles. The minimum absolute atomic E-state index is 0.0282. The minimum Gasteiger partial charge on any atom is -0.349 e. The molecule has 0 saturated heterocycles. The van der Waals surface area contributed by atoms with Crippen LogP contribution in [0.4, 0.5) is 0 Å². The maximum atomic E-state index is 12.3. The second-order valence-electron chi connectivity index (χ2n) is 5.76. The van der Waals surface area contributed by atoms with E-state index in [2.05, 4.69) is 5.32 Å². The van der Waals surface area contributed by atoms with Gasteiger partial charge >= 0.3 is 0 Å². The van der Waals surface area contributed by atoms with Crippen molar-refractivity contribution in [2.45, 2.75) is 38.6 Å². The Morgan fingerprint density at radius 2 is 1.76 bits per heavy atom. The summed E-state index contributed by atoms with van der Waals surface area (Å²) in [5.74, 6) is -0.508. The molecule has 21 heavy (non-hydrogen) atoms. The molecule has 1 aromatic carbocycles. The van der Waals surface area contributed by atoms with Crippen LogP contribution in [0.25, 0.3) is 0 Å². The van der Waals surface area contributed by atoms with E-state index < -0.39 is 15.0 Å². The number of hydrogen-bond acceptors (Lipinski definition) is 3. The summed E-state index contributed by atoms with van der Waals surface area (Å²) < 4.78 is 22.9. The number of nitrogens with one attached hydrogen (secondary N) is 1. The SMILES string of the molecule is CC(NC(=O)c1cc(Cl)cc(S(=O)(=O)Cl)c1Cl)C(C)(C)C. The van der Waals surface area contributed by atoms with Crippen molar-refractivity contribution in [1.29, 1.82) is 0 Å². The maximum absolute atomic E-state index is 12.3. The Balaban J connectivity index is 3.26. The Morgan fingerprint density at radius 1 is 1.24 bits per heavy atom. The molecule has 1 amide bonds. The van der Waals surface area contributed by atoms with Crippen LogP contribution in [-0.4, -0.2) is 20.4 Å². The Kier molecular flexibility index (Phi) is 5.59. The Morgan fingerprint density at radius 3 is 2.19 bits per heavy atom. The molecule has 1 unspecified atom stereocenters. The van der Waals surface area contributed by atoms with E-state index >= 15 is 0 Å². The van der Waals surface area contributed by atoms with Gasteiger partial charge in [0.25, 0.3) is 15.0 Å². The Bertz CT molecular complexity index is 666. The zero-order valence-electron chi connectivity index (χ0n) is 12.0. The molecule has 4 nitrogen and oxygen atoms in total. The molecule has 0 aliphatic heterocycles. The second kappa shape index (κ2) is 6.32. The Labute approximate surface area is 139 Å². The summed E-state index contributed by atoms with van der Waals surface area (Å²) >= 11 is 11.8. The summed E-state index contributed by atoms with van der Waals surface area (Å²) in [4.78, 5) is 11.9. The monoisotopic (exact) mass is 371 g/mol. The number of rotatable bonds is 3. The van der Waals surface area contributed by atoms with Gasteiger partial charge in [0.1, 0.15) is 4.90 Å². The largest absolute Gasteiger partial charge is 0.349 e. The first-order valence-electron chi connectivity index (χ1n) is 6.08. The van der Waals surface area contributed by atoms with Crippen molar-refractivity contribution in [2.24, 2.45) is 5.41 Å². The van der Waals surface area contributed by atoms with Gasteiger partial charge in [0.2, 0.25) is 0 Å². The molecule has 0 saturated carbocycles. The van der Waals surface area contributed by atoms with Crippen molar-refractivity contribution < 1.29 is 13.2 Å². The van der Waals surface area contributed by atoms with Gasteiger partial charge in [0, 0.05) is 21.7 Å². The highest BCUT2D eigenvalue weighted by Gasteiger charge is 2.26. The van der Waals surface area contributed by atoms with E-state index in [0.29, 0.717) is 0 Å². The lowest BCUT2D eigenvalue weighted by Crippen LogP contribution is -2.41. The molecule has 0 heterocycles. The lowest BCUT2D eigenvalue weighted by Gasteiger charge is -2.28. The van der Waals surface area contributed by atoms with Crippen molar-refractivity contribution >= 4 is 48.8 Å². The third-order valence-corrected chi connectivity index (χ3v) is 5.24. The lowest BCUT2D eigenvalue weighted by atomic mass is 9.88. The van der Waals surface area contributed by atoms with Crippen LogP contribution in [0.2, 0.25) is 10.0 Å². The molecule has 0 aliphatic rings. The van der Waals surface area contributed by atoms with E-state index in [1.54, 1.807) is 0 Å². The second-order valence-corrected chi connectivity index (χ2v) is 9.11. The number of carbonyl (C=O) groups excluding carboxylic acids is 1. The predicted octanol–water partition coefficient (Wildman–Crippen LogP) is 4.09. The molecule has 1 N–H and O–H groups in total. The highest BCUT2D eigenvalue weighted by molar-refractivity contribution is 8.13. The van der Waals surface area contributed by atoms with Gasteiger partial charge in [0.15, 0.2) is 0 Å². The van der Waals surface area contributed by atoms with Gasteiger partial charge in [-0.05, 0) is 24.5 Å². The van der Waals surface area contributed by atoms with Crippen molar-refractivity contribution in [1.82, 2.24) is 5.32 Å². The van der Waals surface area contributed by atoms with Gasteiger partial charge < -0.3 is 5.32 Å². The number of carbonyl (C=O) groups is 1. The van der Waals surface area contributed by atoms with E-state index in [9.17, 15) is 13.2 Å². The van der Waals surface area contributed by atoms with Crippen LogP contribution in [0.3, 0.4) is 0 Å². The molecule has 8 heteroatoms. The standard InChI is InChI=1S/C13H16Cl3NO3S/c1-7(13(2,3)4)17-12(18)9-5-8(14)6-10(11(9)15)21(16,19)20/h5-7H,1-4H3,(H,17,18). The molecular weight excluding hydrogens is 357 g/mol. The van der Waals surface area contributed by atoms with Gasteiger partial charge in [0.05, 0.1) is 10.6 Å². The molecule has 1 rings (SSSR count). The normalized spacial score (nSPS) is 13.9. The van der Waals surface area contributed by atoms with Crippen LogP contribution in [0.15, 0.2) is 17.0 Å². The zero-order valence-corrected chi connectivity index (χ0v) is 15.1. The van der Waals surface area contributed by atoms with Gasteiger partial charge in [-0.2, -0.15) is 0 Å². The van der Waals surface area contributed by atoms with Gasteiger partial charge in [-0.3, -0.25) is 4.79 Å². The van der Waals surface area contributed by atoms with E-state index in [-0.39, 0.29) is 32.0 Å². The van der Waals surface area contributed by atoms with Crippen LogP contribution in [0.5, 0.6) is 0 Å². The third-order valence-electron chi connectivity index (χ3n) is 3.16. The van der Waals surface area contributed by atoms with E-state index in [4.69, 9.17) is 33.9 Å². The molecule has 0 aliphatic carbocycles. The van der Waals surface area contributed by atoms with Gasteiger partial charge in [-0.1, -0.05) is 44.0 Å². The topological polar surface area (TPSA) is 63.2 Å². The highest BCUT2D eigenvalue weighted by Crippen LogP contribution is 2.32. The van der Waals surface area contributed by atoms with Crippen molar-refractivity contribution in [3.05, 3.63) is 27.7 Å². The first kappa shape index (κ1) is 18.6. The fourth-order valence-corrected chi connectivity index (χ4v) is 3.26. The molecular formula is C13H16Cl3NO3S. The van der Waals surface area contributed by atoms with Crippen molar-refractivity contribution in [3.63, 3.8) is 0 Å². The highest BCUT2D eigenvalue weighted by atomic mass is 35.7. The molecule has 0 spiro atoms. The predicted molar refractivity (Wildman–Crippen MR) is 85.9 cm³/mol. The van der Waals surface area contributed by atoms with Crippen LogP contribution >= 0.6 is 33.9 Å². The summed E-state index contributed by atoms with van der Waals surface area (Å²) in [5.41, 5.74) is -0.193.